The number of thiazole rings is 1. The zero-order valence-corrected chi connectivity index (χ0v) is 13.5. The third kappa shape index (κ3) is 3.32. The summed E-state index contributed by atoms with van der Waals surface area (Å²) in [5, 5.41) is 4.93. The summed E-state index contributed by atoms with van der Waals surface area (Å²) in [6.07, 6.45) is 5.49. The summed E-state index contributed by atoms with van der Waals surface area (Å²) in [5.74, 6) is 0. The van der Waals surface area contributed by atoms with Crippen LogP contribution in [0.5, 0.6) is 0 Å². The Morgan fingerprint density at radius 1 is 1.20 bits per heavy atom. The van der Waals surface area contributed by atoms with Crippen LogP contribution in [0, 0.1) is 6.92 Å². The predicted molar refractivity (Wildman–Crippen MR) is 85.7 cm³/mol. The normalized spacial score (nSPS) is 21.8. The topological polar surface area (TPSA) is 31.4 Å². The van der Waals surface area contributed by atoms with Crippen LogP contribution >= 0.6 is 11.3 Å². The molecule has 0 unspecified atom stereocenters. The summed E-state index contributed by atoms with van der Waals surface area (Å²) in [6, 6.07) is 0.739. The van der Waals surface area contributed by atoms with Crippen molar-refractivity contribution in [3.63, 3.8) is 0 Å². The molecule has 0 bridgehead atoms. The largest absolute Gasteiger partial charge is 0.346 e. The van der Waals surface area contributed by atoms with E-state index in [9.17, 15) is 0 Å². The lowest BCUT2D eigenvalue weighted by atomic mass is 10.2. The summed E-state index contributed by atoms with van der Waals surface area (Å²) < 4.78 is 0. The van der Waals surface area contributed by atoms with Gasteiger partial charge < -0.3 is 15.1 Å². The van der Waals surface area contributed by atoms with Crippen molar-refractivity contribution in [2.75, 3.05) is 38.1 Å². The molecule has 2 fully saturated rings. The number of nitrogens with one attached hydrogen (secondary N) is 1. The highest BCUT2D eigenvalue weighted by Crippen LogP contribution is 2.27. The quantitative estimate of drug-likeness (QED) is 0.923. The van der Waals surface area contributed by atoms with Gasteiger partial charge in [-0.15, -0.1) is 11.3 Å². The van der Waals surface area contributed by atoms with E-state index in [1.54, 1.807) is 0 Å². The average Bonchev–Trinajstić information content (AvgIpc) is 3.07. The molecule has 1 N–H and O–H groups in total. The molecule has 0 radical (unpaired) electrons. The van der Waals surface area contributed by atoms with E-state index < -0.39 is 0 Å². The molecule has 0 atom stereocenters. The number of rotatable bonds is 4. The molecule has 1 aliphatic heterocycles. The van der Waals surface area contributed by atoms with Gasteiger partial charge in [0.15, 0.2) is 5.13 Å². The van der Waals surface area contributed by atoms with Crippen molar-refractivity contribution in [1.82, 2.24) is 15.2 Å². The minimum Gasteiger partial charge on any atom is -0.346 e. The molecule has 0 spiro atoms. The van der Waals surface area contributed by atoms with E-state index in [4.69, 9.17) is 4.98 Å². The molecule has 5 heteroatoms. The van der Waals surface area contributed by atoms with E-state index in [0.717, 1.165) is 38.8 Å². The Morgan fingerprint density at radius 3 is 2.60 bits per heavy atom. The molecule has 4 nitrogen and oxygen atoms in total. The third-order valence-electron chi connectivity index (χ3n) is 4.56. The average molecular weight is 294 g/mol. The fraction of sp³-hybridized carbons (Fsp3) is 0.800. The maximum absolute atomic E-state index is 4.79. The van der Waals surface area contributed by atoms with Crippen molar-refractivity contribution >= 4 is 16.5 Å². The number of hydrogen-bond acceptors (Lipinski definition) is 5. The van der Waals surface area contributed by atoms with E-state index >= 15 is 0 Å². The number of aromatic nitrogens is 1. The molecule has 3 rings (SSSR count). The third-order valence-corrected chi connectivity index (χ3v) is 5.78. The minimum atomic E-state index is 0.739. The SMILES string of the molecule is Cc1nc(N2CCN(C)CC2)sc1CNC1CCCC1. The summed E-state index contributed by atoms with van der Waals surface area (Å²) in [5.41, 5.74) is 1.22. The Morgan fingerprint density at radius 2 is 1.90 bits per heavy atom. The van der Waals surface area contributed by atoms with Gasteiger partial charge in [0, 0.05) is 43.6 Å². The lowest BCUT2D eigenvalue weighted by Crippen LogP contribution is -2.44. The molecule has 112 valence electrons. The molecule has 2 aliphatic rings. The summed E-state index contributed by atoms with van der Waals surface area (Å²) in [4.78, 5) is 11.0. The monoisotopic (exact) mass is 294 g/mol. The van der Waals surface area contributed by atoms with Crippen molar-refractivity contribution in [1.29, 1.82) is 0 Å². The maximum Gasteiger partial charge on any atom is 0.185 e. The minimum absolute atomic E-state index is 0.739. The number of aryl methyl sites for hydroxylation is 1. The van der Waals surface area contributed by atoms with Crippen molar-refractivity contribution in [2.45, 2.75) is 45.2 Å². The summed E-state index contributed by atoms with van der Waals surface area (Å²) in [6.45, 7) is 7.67. The standard InChI is InChI=1S/C15H26N4S/c1-12-14(11-16-13-5-3-4-6-13)20-15(17-12)19-9-7-18(2)8-10-19/h13,16H,3-11H2,1-2H3. The second kappa shape index (κ2) is 6.41. The van der Waals surface area contributed by atoms with Gasteiger partial charge in [-0.3, -0.25) is 0 Å². The predicted octanol–water partition coefficient (Wildman–Crippen LogP) is 2.24. The number of nitrogens with zero attached hydrogens (tertiary/aromatic N) is 3. The smallest absolute Gasteiger partial charge is 0.185 e. The molecule has 1 saturated heterocycles. The summed E-state index contributed by atoms with van der Waals surface area (Å²) in [7, 11) is 2.20. The molecule has 1 aromatic rings. The molecule has 1 aliphatic carbocycles. The van der Waals surface area contributed by atoms with Crippen LogP contribution in [0.25, 0.3) is 0 Å². The Kier molecular flexibility index (Phi) is 4.58. The van der Waals surface area contributed by atoms with E-state index in [-0.39, 0.29) is 0 Å². The zero-order valence-electron chi connectivity index (χ0n) is 12.7. The first-order valence-electron chi connectivity index (χ1n) is 7.85. The van der Waals surface area contributed by atoms with Gasteiger partial charge in [0.25, 0.3) is 0 Å². The van der Waals surface area contributed by atoms with Gasteiger partial charge in [0.05, 0.1) is 5.69 Å². The Labute approximate surface area is 126 Å². The molecular formula is C15H26N4S. The van der Waals surface area contributed by atoms with Crippen LogP contribution in [0.3, 0.4) is 0 Å². The lowest BCUT2D eigenvalue weighted by Gasteiger charge is -2.32. The zero-order chi connectivity index (χ0) is 13.9. The van der Waals surface area contributed by atoms with Crippen LogP contribution in [0.15, 0.2) is 0 Å². The van der Waals surface area contributed by atoms with Gasteiger partial charge in [-0.25, -0.2) is 4.98 Å². The Hall–Kier alpha value is -0.650. The van der Waals surface area contributed by atoms with Crippen molar-refractivity contribution < 1.29 is 0 Å². The number of anilines is 1. The van der Waals surface area contributed by atoms with Gasteiger partial charge in [-0.05, 0) is 26.8 Å². The Balaban J connectivity index is 1.58. The molecule has 20 heavy (non-hydrogen) atoms. The number of piperazine rings is 1. The van der Waals surface area contributed by atoms with Crippen LogP contribution in [0.2, 0.25) is 0 Å². The van der Waals surface area contributed by atoms with Crippen LogP contribution in [-0.4, -0.2) is 49.2 Å². The Bertz CT molecular complexity index is 431. The highest BCUT2D eigenvalue weighted by molar-refractivity contribution is 7.15. The van der Waals surface area contributed by atoms with Gasteiger partial charge in [0.1, 0.15) is 0 Å². The number of likely N-dealkylation sites (N-methyl/N-ethyl adjacent to an activating group) is 1. The second-order valence-electron chi connectivity index (χ2n) is 6.16. The first-order valence-corrected chi connectivity index (χ1v) is 8.67. The lowest BCUT2D eigenvalue weighted by molar-refractivity contribution is 0.312. The first-order chi connectivity index (χ1) is 9.72. The molecule has 0 amide bonds. The van der Waals surface area contributed by atoms with E-state index in [0.29, 0.717) is 0 Å². The van der Waals surface area contributed by atoms with Crippen LogP contribution in [0.1, 0.15) is 36.3 Å². The highest BCUT2D eigenvalue weighted by Gasteiger charge is 2.19. The van der Waals surface area contributed by atoms with Gasteiger partial charge in [0.2, 0.25) is 0 Å². The molecular weight excluding hydrogens is 268 g/mol. The summed E-state index contributed by atoms with van der Waals surface area (Å²) >= 11 is 1.88. The van der Waals surface area contributed by atoms with Gasteiger partial charge in [-0.1, -0.05) is 12.8 Å². The van der Waals surface area contributed by atoms with E-state index in [1.807, 2.05) is 11.3 Å². The second-order valence-corrected chi connectivity index (χ2v) is 7.22. The van der Waals surface area contributed by atoms with Crippen LogP contribution < -0.4 is 10.2 Å². The first kappa shape index (κ1) is 14.3. The van der Waals surface area contributed by atoms with E-state index in [2.05, 4.69) is 29.1 Å². The van der Waals surface area contributed by atoms with Crippen molar-refractivity contribution in [2.24, 2.45) is 0 Å². The molecule has 1 aromatic heterocycles. The van der Waals surface area contributed by atoms with E-state index in [1.165, 1.54) is 41.4 Å². The van der Waals surface area contributed by atoms with Crippen LogP contribution in [0.4, 0.5) is 5.13 Å². The number of hydrogen-bond donors (Lipinski definition) is 1. The van der Waals surface area contributed by atoms with Crippen molar-refractivity contribution in [3.05, 3.63) is 10.6 Å². The molecule has 2 heterocycles. The maximum atomic E-state index is 4.79. The van der Waals surface area contributed by atoms with Crippen molar-refractivity contribution in [3.8, 4) is 0 Å². The molecule has 1 saturated carbocycles. The van der Waals surface area contributed by atoms with Gasteiger partial charge >= 0.3 is 0 Å². The van der Waals surface area contributed by atoms with Crippen LogP contribution in [-0.2, 0) is 6.54 Å². The highest BCUT2D eigenvalue weighted by atomic mass is 32.1. The fourth-order valence-corrected chi connectivity index (χ4v) is 4.14. The molecule has 0 aromatic carbocycles. The van der Waals surface area contributed by atoms with Gasteiger partial charge in [-0.2, -0.15) is 0 Å². The fourth-order valence-electron chi connectivity index (χ4n) is 3.08.